The van der Waals surface area contributed by atoms with Crippen LogP contribution in [0.5, 0.6) is 0 Å². The van der Waals surface area contributed by atoms with Crippen LogP contribution in [0.15, 0.2) is 70.0 Å². The van der Waals surface area contributed by atoms with E-state index in [0.717, 1.165) is 0 Å². The van der Waals surface area contributed by atoms with Crippen LogP contribution in [0.4, 0.5) is 5.69 Å². The number of sulfone groups is 1. The van der Waals surface area contributed by atoms with Gasteiger partial charge in [-0.05, 0) is 56.3 Å². The van der Waals surface area contributed by atoms with E-state index in [0.29, 0.717) is 5.02 Å². The minimum atomic E-state index is -3.62. The van der Waals surface area contributed by atoms with E-state index < -0.39 is 15.7 Å². The molecule has 2 amide bonds. The molecule has 0 spiro atoms. The van der Waals surface area contributed by atoms with E-state index in [1.165, 1.54) is 36.4 Å². The summed E-state index contributed by atoms with van der Waals surface area (Å²) in [6.45, 7) is 3.64. The van der Waals surface area contributed by atoms with Gasteiger partial charge in [-0.2, -0.15) is 0 Å². The van der Waals surface area contributed by atoms with Crippen molar-refractivity contribution < 1.29 is 22.4 Å². The number of amides is 2. The van der Waals surface area contributed by atoms with Gasteiger partial charge >= 0.3 is 0 Å². The SMILES string of the molecule is CC(C)NC(=O)c1ccc(Cl)cc1NC(=O)c1ccc(CS(=O)(=O)c2ccccc2)o1. The standard InChI is InChI=1S/C22H21ClN2O5S/c1-14(2)24-21(26)18-10-8-15(23)12-19(18)25-22(27)20-11-9-16(30-20)13-31(28,29)17-6-4-3-5-7-17/h3-12,14H,13H2,1-2H3,(H,24,26)(H,25,27). The molecule has 1 aromatic heterocycles. The van der Waals surface area contributed by atoms with Gasteiger partial charge in [-0.25, -0.2) is 8.42 Å². The van der Waals surface area contributed by atoms with Gasteiger partial charge in [0, 0.05) is 11.1 Å². The van der Waals surface area contributed by atoms with Crippen molar-refractivity contribution in [2.24, 2.45) is 0 Å². The number of rotatable bonds is 7. The third kappa shape index (κ3) is 5.74. The molecule has 0 aliphatic rings. The second kappa shape index (κ2) is 9.36. The molecule has 3 aromatic rings. The molecular formula is C22H21ClN2O5S. The molecular weight excluding hydrogens is 440 g/mol. The smallest absolute Gasteiger partial charge is 0.291 e. The molecule has 0 saturated heterocycles. The van der Waals surface area contributed by atoms with Gasteiger partial charge in [-0.15, -0.1) is 0 Å². The Hall–Kier alpha value is -3.10. The quantitative estimate of drug-likeness (QED) is 0.547. The lowest BCUT2D eigenvalue weighted by Gasteiger charge is -2.13. The summed E-state index contributed by atoms with van der Waals surface area (Å²) in [6.07, 6.45) is 0. The number of furan rings is 1. The Morgan fingerprint density at radius 3 is 2.39 bits per heavy atom. The first-order valence-electron chi connectivity index (χ1n) is 9.44. The second-order valence-electron chi connectivity index (χ2n) is 7.11. The number of hydrogen-bond acceptors (Lipinski definition) is 5. The van der Waals surface area contributed by atoms with Gasteiger partial charge in [0.15, 0.2) is 15.6 Å². The Labute approximate surface area is 185 Å². The maximum absolute atomic E-state index is 12.6. The summed E-state index contributed by atoms with van der Waals surface area (Å²) in [6, 6.07) is 15.2. The second-order valence-corrected chi connectivity index (χ2v) is 9.54. The molecule has 0 bridgehead atoms. The summed E-state index contributed by atoms with van der Waals surface area (Å²) in [4.78, 5) is 25.2. The monoisotopic (exact) mass is 460 g/mol. The van der Waals surface area contributed by atoms with Crippen molar-refractivity contribution in [2.75, 3.05) is 5.32 Å². The molecule has 0 aliphatic carbocycles. The Morgan fingerprint density at radius 1 is 1.00 bits per heavy atom. The first-order valence-corrected chi connectivity index (χ1v) is 11.5. The van der Waals surface area contributed by atoms with Crippen LogP contribution in [0.3, 0.4) is 0 Å². The molecule has 0 aliphatic heterocycles. The highest BCUT2D eigenvalue weighted by atomic mass is 35.5. The number of nitrogens with one attached hydrogen (secondary N) is 2. The molecule has 1 heterocycles. The zero-order chi connectivity index (χ0) is 22.6. The minimum absolute atomic E-state index is 0.0894. The Kier molecular flexibility index (Phi) is 6.82. The molecule has 7 nitrogen and oxygen atoms in total. The lowest BCUT2D eigenvalue weighted by Crippen LogP contribution is -2.31. The summed E-state index contributed by atoms with van der Waals surface area (Å²) >= 11 is 6.02. The highest BCUT2D eigenvalue weighted by Gasteiger charge is 2.21. The molecule has 31 heavy (non-hydrogen) atoms. The summed E-state index contributed by atoms with van der Waals surface area (Å²) in [7, 11) is -3.62. The van der Waals surface area contributed by atoms with Crippen molar-refractivity contribution >= 4 is 38.9 Å². The van der Waals surface area contributed by atoms with Gasteiger partial charge in [-0.3, -0.25) is 9.59 Å². The average Bonchev–Trinajstić information content (AvgIpc) is 3.16. The van der Waals surface area contributed by atoms with Gasteiger partial charge in [-0.1, -0.05) is 29.8 Å². The summed E-state index contributed by atoms with van der Waals surface area (Å²) in [5, 5.41) is 5.69. The predicted octanol–water partition coefficient (Wildman–Crippen LogP) is 4.30. The van der Waals surface area contributed by atoms with Gasteiger partial charge in [0.1, 0.15) is 11.5 Å². The summed E-state index contributed by atoms with van der Waals surface area (Å²) in [5.41, 5.74) is 0.454. The Balaban J connectivity index is 1.78. The fourth-order valence-electron chi connectivity index (χ4n) is 2.82. The van der Waals surface area contributed by atoms with Gasteiger partial charge < -0.3 is 15.1 Å². The third-order valence-corrected chi connectivity index (χ3v) is 6.10. The fraction of sp³-hybridized carbons (Fsp3) is 0.182. The zero-order valence-electron chi connectivity index (χ0n) is 16.9. The molecule has 0 atom stereocenters. The van der Waals surface area contributed by atoms with Crippen LogP contribution < -0.4 is 10.6 Å². The summed E-state index contributed by atoms with van der Waals surface area (Å²) < 4.78 is 30.4. The van der Waals surface area contributed by atoms with Crippen LogP contribution in [-0.2, 0) is 15.6 Å². The van der Waals surface area contributed by atoms with E-state index >= 15 is 0 Å². The van der Waals surface area contributed by atoms with E-state index in [1.807, 2.05) is 13.8 Å². The van der Waals surface area contributed by atoms with Crippen molar-refractivity contribution in [1.29, 1.82) is 0 Å². The molecule has 0 radical (unpaired) electrons. The van der Waals surface area contributed by atoms with E-state index in [1.54, 1.807) is 24.3 Å². The van der Waals surface area contributed by atoms with Crippen LogP contribution >= 0.6 is 11.6 Å². The number of halogens is 1. The fourth-order valence-corrected chi connectivity index (χ4v) is 4.26. The molecule has 0 fully saturated rings. The lowest BCUT2D eigenvalue weighted by atomic mass is 10.1. The number of hydrogen-bond donors (Lipinski definition) is 2. The Bertz CT molecular complexity index is 1200. The first-order chi connectivity index (χ1) is 14.7. The number of carbonyl (C=O) groups excluding carboxylic acids is 2. The zero-order valence-corrected chi connectivity index (χ0v) is 18.5. The highest BCUT2D eigenvalue weighted by molar-refractivity contribution is 7.90. The van der Waals surface area contributed by atoms with Crippen LogP contribution in [0, 0.1) is 0 Å². The van der Waals surface area contributed by atoms with Crippen molar-refractivity contribution in [3.8, 4) is 0 Å². The van der Waals surface area contributed by atoms with Crippen LogP contribution in [0.2, 0.25) is 5.02 Å². The third-order valence-electron chi connectivity index (χ3n) is 4.21. The van der Waals surface area contributed by atoms with Crippen molar-refractivity contribution in [3.63, 3.8) is 0 Å². The molecule has 2 N–H and O–H groups in total. The number of anilines is 1. The van der Waals surface area contributed by atoms with E-state index in [-0.39, 0.29) is 45.4 Å². The molecule has 3 rings (SSSR count). The van der Waals surface area contributed by atoms with Crippen molar-refractivity contribution in [2.45, 2.75) is 30.5 Å². The van der Waals surface area contributed by atoms with Crippen molar-refractivity contribution in [1.82, 2.24) is 5.32 Å². The Morgan fingerprint density at radius 2 is 1.71 bits per heavy atom. The average molecular weight is 461 g/mol. The maximum atomic E-state index is 12.6. The van der Waals surface area contributed by atoms with Gasteiger partial charge in [0.25, 0.3) is 11.8 Å². The van der Waals surface area contributed by atoms with Crippen LogP contribution in [-0.4, -0.2) is 26.3 Å². The normalized spacial score (nSPS) is 11.4. The highest BCUT2D eigenvalue weighted by Crippen LogP contribution is 2.23. The van der Waals surface area contributed by atoms with E-state index in [9.17, 15) is 18.0 Å². The van der Waals surface area contributed by atoms with E-state index in [2.05, 4.69) is 10.6 Å². The summed E-state index contributed by atoms with van der Waals surface area (Å²) in [5.74, 6) is -1.35. The predicted molar refractivity (Wildman–Crippen MR) is 118 cm³/mol. The molecule has 162 valence electrons. The van der Waals surface area contributed by atoms with Crippen molar-refractivity contribution in [3.05, 3.63) is 82.8 Å². The largest absolute Gasteiger partial charge is 0.455 e. The number of benzene rings is 2. The van der Waals surface area contributed by atoms with Crippen LogP contribution in [0.1, 0.15) is 40.5 Å². The number of carbonyl (C=O) groups is 2. The minimum Gasteiger partial charge on any atom is -0.455 e. The molecule has 2 aromatic carbocycles. The molecule has 0 saturated carbocycles. The van der Waals surface area contributed by atoms with Crippen LogP contribution in [0.25, 0.3) is 0 Å². The lowest BCUT2D eigenvalue weighted by molar-refractivity contribution is 0.0944. The molecule has 9 heteroatoms. The first kappa shape index (κ1) is 22.6. The van der Waals surface area contributed by atoms with Gasteiger partial charge in [0.05, 0.1) is 16.1 Å². The van der Waals surface area contributed by atoms with E-state index in [4.69, 9.17) is 16.0 Å². The topological polar surface area (TPSA) is 105 Å². The van der Waals surface area contributed by atoms with Gasteiger partial charge in [0.2, 0.25) is 0 Å². The molecule has 0 unspecified atom stereocenters. The maximum Gasteiger partial charge on any atom is 0.291 e.